The van der Waals surface area contributed by atoms with E-state index < -0.39 is 0 Å². The van der Waals surface area contributed by atoms with Crippen molar-refractivity contribution >= 4 is 0 Å². The summed E-state index contributed by atoms with van der Waals surface area (Å²) in [5.74, 6) is 0. The van der Waals surface area contributed by atoms with Crippen LogP contribution in [0.4, 0.5) is 0 Å². The highest BCUT2D eigenvalue weighted by atomic mass is 15.3. The van der Waals surface area contributed by atoms with Gasteiger partial charge in [-0.05, 0) is 30.3 Å². The molecule has 3 rings (SSSR count). The van der Waals surface area contributed by atoms with E-state index in [2.05, 4.69) is 65.4 Å². The van der Waals surface area contributed by atoms with Gasteiger partial charge in [0.05, 0.1) is 11.6 Å². The monoisotopic (exact) mass is 291 g/mol. The zero-order chi connectivity index (χ0) is 15.4. The van der Waals surface area contributed by atoms with Gasteiger partial charge in [0.2, 0.25) is 0 Å². The molecule has 0 aromatic heterocycles. The fraction of sp³-hybridized carbons (Fsp3) is 0.316. The fourth-order valence-corrected chi connectivity index (χ4v) is 3.06. The van der Waals surface area contributed by atoms with E-state index in [-0.39, 0.29) is 0 Å². The predicted octanol–water partition coefficient (Wildman–Crippen LogP) is 3.05. The van der Waals surface area contributed by atoms with Gasteiger partial charge in [-0.1, -0.05) is 42.5 Å². The highest BCUT2D eigenvalue weighted by molar-refractivity contribution is 5.31. The molecule has 2 aromatic rings. The maximum atomic E-state index is 8.90. The second kappa shape index (κ2) is 6.74. The lowest BCUT2D eigenvalue weighted by Crippen LogP contribution is -2.46. The van der Waals surface area contributed by atoms with E-state index in [1.807, 2.05) is 12.1 Å². The molecule has 3 nitrogen and oxygen atoms in total. The Bertz CT molecular complexity index is 643. The largest absolute Gasteiger partial charge is 0.303 e. The van der Waals surface area contributed by atoms with Gasteiger partial charge < -0.3 is 4.90 Å². The van der Waals surface area contributed by atoms with Gasteiger partial charge in [0.15, 0.2) is 0 Å². The Hall–Kier alpha value is -2.15. The van der Waals surface area contributed by atoms with Gasteiger partial charge in [-0.15, -0.1) is 0 Å². The normalized spacial score (nSPS) is 19.7. The molecule has 0 bridgehead atoms. The van der Waals surface area contributed by atoms with Crippen LogP contribution < -0.4 is 0 Å². The van der Waals surface area contributed by atoms with Crippen LogP contribution in [0.2, 0.25) is 0 Å². The Kier molecular flexibility index (Phi) is 4.53. The Morgan fingerprint density at radius 2 is 1.77 bits per heavy atom. The van der Waals surface area contributed by atoms with E-state index in [0.717, 1.165) is 31.7 Å². The molecule has 0 amide bonds. The third-order valence-electron chi connectivity index (χ3n) is 4.35. The molecular weight excluding hydrogens is 270 g/mol. The van der Waals surface area contributed by atoms with Gasteiger partial charge in [0, 0.05) is 32.2 Å². The summed E-state index contributed by atoms with van der Waals surface area (Å²) >= 11 is 0. The SMILES string of the molecule is CN1CCN(Cc2ccc(C#N)cc2)C(c2ccccc2)C1. The lowest BCUT2D eigenvalue weighted by atomic mass is 10.0. The summed E-state index contributed by atoms with van der Waals surface area (Å²) in [4.78, 5) is 4.93. The molecule has 1 fully saturated rings. The van der Waals surface area contributed by atoms with Crippen LogP contribution in [0.5, 0.6) is 0 Å². The number of piperazine rings is 1. The van der Waals surface area contributed by atoms with Crippen molar-refractivity contribution in [3.8, 4) is 6.07 Å². The van der Waals surface area contributed by atoms with Gasteiger partial charge in [-0.2, -0.15) is 5.26 Å². The van der Waals surface area contributed by atoms with Crippen molar-refractivity contribution in [2.75, 3.05) is 26.7 Å². The molecule has 1 aliphatic heterocycles. The lowest BCUT2D eigenvalue weighted by Gasteiger charge is -2.40. The summed E-state index contributed by atoms with van der Waals surface area (Å²) in [5, 5.41) is 8.90. The summed E-state index contributed by atoms with van der Waals surface area (Å²) in [6.45, 7) is 4.15. The minimum atomic E-state index is 0.426. The maximum Gasteiger partial charge on any atom is 0.0991 e. The molecule has 0 spiro atoms. The number of likely N-dealkylation sites (N-methyl/N-ethyl adjacent to an activating group) is 1. The third-order valence-corrected chi connectivity index (χ3v) is 4.35. The maximum absolute atomic E-state index is 8.90. The zero-order valence-electron chi connectivity index (χ0n) is 12.9. The van der Waals surface area contributed by atoms with Crippen LogP contribution in [-0.2, 0) is 6.54 Å². The highest BCUT2D eigenvalue weighted by Crippen LogP contribution is 2.26. The molecule has 0 radical (unpaired) electrons. The minimum absolute atomic E-state index is 0.426. The second-order valence-electron chi connectivity index (χ2n) is 5.97. The average molecular weight is 291 g/mol. The second-order valence-corrected chi connectivity index (χ2v) is 5.97. The van der Waals surface area contributed by atoms with E-state index in [0.29, 0.717) is 6.04 Å². The number of benzene rings is 2. The first-order chi connectivity index (χ1) is 10.8. The van der Waals surface area contributed by atoms with E-state index in [4.69, 9.17) is 5.26 Å². The molecule has 3 heteroatoms. The molecule has 0 aliphatic carbocycles. The van der Waals surface area contributed by atoms with E-state index in [9.17, 15) is 0 Å². The van der Waals surface area contributed by atoms with Gasteiger partial charge in [0.25, 0.3) is 0 Å². The first-order valence-electron chi connectivity index (χ1n) is 7.73. The van der Waals surface area contributed by atoms with Crippen LogP contribution in [0.3, 0.4) is 0 Å². The molecule has 1 saturated heterocycles. The van der Waals surface area contributed by atoms with Crippen LogP contribution in [-0.4, -0.2) is 36.5 Å². The quantitative estimate of drug-likeness (QED) is 0.870. The molecule has 0 saturated carbocycles. The number of hydrogen-bond donors (Lipinski definition) is 0. The Morgan fingerprint density at radius 1 is 1.05 bits per heavy atom. The van der Waals surface area contributed by atoms with Crippen LogP contribution in [0, 0.1) is 11.3 Å². The summed E-state index contributed by atoms with van der Waals surface area (Å²) in [7, 11) is 2.19. The Balaban J connectivity index is 1.79. The van der Waals surface area contributed by atoms with Crippen LogP contribution in [0.15, 0.2) is 54.6 Å². The summed E-state index contributed by atoms with van der Waals surface area (Å²) in [6, 6.07) is 21.3. The molecular formula is C19H21N3. The van der Waals surface area contributed by atoms with Gasteiger partial charge >= 0.3 is 0 Å². The smallest absolute Gasteiger partial charge is 0.0991 e. The minimum Gasteiger partial charge on any atom is -0.303 e. The average Bonchev–Trinajstić information content (AvgIpc) is 2.58. The van der Waals surface area contributed by atoms with Crippen LogP contribution in [0.25, 0.3) is 0 Å². The van der Waals surface area contributed by atoms with Crippen molar-refractivity contribution in [2.24, 2.45) is 0 Å². The number of hydrogen-bond acceptors (Lipinski definition) is 3. The van der Waals surface area contributed by atoms with Crippen molar-refractivity contribution < 1.29 is 0 Å². The van der Waals surface area contributed by atoms with E-state index in [1.54, 1.807) is 0 Å². The first kappa shape index (κ1) is 14.8. The third kappa shape index (κ3) is 3.36. The molecule has 0 N–H and O–H groups in total. The van der Waals surface area contributed by atoms with Crippen molar-refractivity contribution in [2.45, 2.75) is 12.6 Å². The number of rotatable bonds is 3. The fourth-order valence-electron chi connectivity index (χ4n) is 3.06. The van der Waals surface area contributed by atoms with Crippen molar-refractivity contribution in [3.63, 3.8) is 0 Å². The topological polar surface area (TPSA) is 30.3 Å². The van der Waals surface area contributed by atoms with E-state index in [1.165, 1.54) is 11.1 Å². The summed E-state index contributed by atoms with van der Waals surface area (Å²) in [6.07, 6.45) is 0. The molecule has 1 aliphatic rings. The van der Waals surface area contributed by atoms with Crippen molar-refractivity contribution in [3.05, 3.63) is 71.3 Å². The Morgan fingerprint density at radius 3 is 2.45 bits per heavy atom. The number of nitrogens with zero attached hydrogens (tertiary/aromatic N) is 3. The zero-order valence-corrected chi connectivity index (χ0v) is 12.9. The van der Waals surface area contributed by atoms with Gasteiger partial charge in [-0.3, -0.25) is 4.90 Å². The van der Waals surface area contributed by atoms with E-state index >= 15 is 0 Å². The molecule has 1 unspecified atom stereocenters. The standard InChI is InChI=1S/C19H21N3/c1-21-11-12-22(14-17-9-7-16(13-20)8-10-17)19(15-21)18-5-3-2-4-6-18/h2-10,19H,11-12,14-15H2,1H3. The van der Waals surface area contributed by atoms with Crippen LogP contribution >= 0.6 is 0 Å². The first-order valence-corrected chi connectivity index (χ1v) is 7.73. The van der Waals surface area contributed by atoms with Gasteiger partial charge in [-0.25, -0.2) is 0 Å². The Labute approximate surface area is 132 Å². The van der Waals surface area contributed by atoms with Crippen LogP contribution in [0.1, 0.15) is 22.7 Å². The molecule has 1 heterocycles. The summed E-state index contributed by atoms with van der Waals surface area (Å²) in [5.41, 5.74) is 3.37. The molecule has 112 valence electrons. The predicted molar refractivity (Wildman–Crippen MR) is 88.2 cm³/mol. The van der Waals surface area contributed by atoms with Crippen molar-refractivity contribution in [1.82, 2.24) is 9.80 Å². The lowest BCUT2D eigenvalue weighted by molar-refractivity contribution is 0.0834. The van der Waals surface area contributed by atoms with Gasteiger partial charge in [0.1, 0.15) is 0 Å². The molecule has 2 aromatic carbocycles. The highest BCUT2D eigenvalue weighted by Gasteiger charge is 2.26. The number of nitriles is 1. The molecule has 22 heavy (non-hydrogen) atoms. The molecule has 1 atom stereocenters. The van der Waals surface area contributed by atoms with Crippen molar-refractivity contribution in [1.29, 1.82) is 5.26 Å². The summed E-state index contributed by atoms with van der Waals surface area (Å²) < 4.78 is 0.